The minimum absolute atomic E-state index is 0.489. The molecule has 2 aliphatic rings. The average molecular weight is 183 g/mol. The third-order valence-corrected chi connectivity index (χ3v) is 4.16. The van der Waals surface area contributed by atoms with Gasteiger partial charge in [0.05, 0.1) is 6.10 Å². The van der Waals surface area contributed by atoms with Crippen LogP contribution in [0.15, 0.2) is 0 Å². The van der Waals surface area contributed by atoms with Gasteiger partial charge in [-0.1, -0.05) is 13.8 Å². The van der Waals surface area contributed by atoms with E-state index in [4.69, 9.17) is 4.74 Å². The van der Waals surface area contributed by atoms with Gasteiger partial charge in [0, 0.05) is 19.1 Å². The Hall–Kier alpha value is -0.0800. The number of hydrogen-bond acceptors (Lipinski definition) is 2. The highest BCUT2D eigenvalue weighted by Crippen LogP contribution is 2.55. The van der Waals surface area contributed by atoms with E-state index >= 15 is 0 Å². The lowest BCUT2D eigenvalue weighted by atomic mass is 9.53. The van der Waals surface area contributed by atoms with E-state index < -0.39 is 0 Å². The fraction of sp³-hybridized carbons (Fsp3) is 1.00. The van der Waals surface area contributed by atoms with Crippen LogP contribution in [0.3, 0.4) is 0 Å². The summed E-state index contributed by atoms with van der Waals surface area (Å²) in [4.78, 5) is 0. The van der Waals surface area contributed by atoms with Gasteiger partial charge in [0.1, 0.15) is 0 Å². The zero-order chi connectivity index (χ0) is 9.47. The summed E-state index contributed by atoms with van der Waals surface area (Å²) >= 11 is 0. The van der Waals surface area contributed by atoms with Crippen LogP contribution < -0.4 is 5.32 Å². The molecule has 1 N–H and O–H groups in total. The first-order valence-corrected chi connectivity index (χ1v) is 5.44. The van der Waals surface area contributed by atoms with Gasteiger partial charge in [-0.2, -0.15) is 0 Å². The van der Waals surface area contributed by atoms with E-state index in [1.54, 1.807) is 0 Å². The van der Waals surface area contributed by atoms with Crippen LogP contribution in [0.5, 0.6) is 0 Å². The summed E-state index contributed by atoms with van der Waals surface area (Å²) in [6.07, 6.45) is 3.11. The van der Waals surface area contributed by atoms with E-state index in [-0.39, 0.29) is 0 Å². The maximum Gasteiger partial charge on any atom is 0.0645 e. The Labute approximate surface area is 81.0 Å². The molecule has 1 saturated carbocycles. The molecule has 3 atom stereocenters. The molecule has 3 unspecified atom stereocenters. The highest BCUT2D eigenvalue weighted by molar-refractivity contribution is 5.08. The van der Waals surface area contributed by atoms with Gasteiger partial charge < -0.3 is 10.1 Å². The fourth-order valence-corrected chi connectivity index (χ4v) is 3.37. The molecule has 2 fully saturated rings. The molecule has 1 heterocycles. The molecule has 1 saturated heterocycles. The zero-order valence-electron chi connectivity index (χ0n) is 8.97. The van der Waals surface area contributed by atoms with Gasteiger partial charge >= 0.3 is 0 Å². The molecule has 0 aromatic heterocycles. The van der Waals surface area contributed by atoms with Crippen molar-refractivity contribution in [3.05, 3.63) is 0 Å². The standard InChI is InChI=1S/C11H21NO/c1-8(2)9-6-10(13-3)11(9)4-5-12-7-11/h8-10,12H,4-7H2,1-3H3. The Bertz CT molecular complexity index is 185. The minimum Gasteiger partial charge on any atom is -0.381 e. The van der Waals surface area contributed by atoms with E-state index in [1.807, 2.05) is 7.11 Å². The van der Waals surface area contributed by atoms with Crippen LogP contribution >= 0.6 is 0 Å². The molecule has 1 aliphatic heterocycles. The van der Waals surface area contributed by atoms with Crippen LogP contribution in [0.25, 0.3) is 0 Å². The van der Waals surface area contributed by atoms with E-state index in [9.17, 15) is 0 Å². The quantitative estimate of drug-likeness (QED) is 0.703. The van der Waals surface area contributed by atoms with Crippen molar-refractivity contribution in [3.8, 4) is 0 Å². The normalized spacial score (nSPS) is 44.3. The molecule has 0 aromatic carbocycles. The van der Waals surface area contributed by atoms with Crippen molar-refractivity contribution in [2.75, 3.05) is 20.2 Å². The van der Waals surface area contributed by atoms with Crippen LogP contribution in [0.2, 0.25) is 0 Å². The molecule has 0 aromatic rings. The molecule has 1 spiro atoms. The molecule has 2 nitrogen and oxygen atoms in total. The van der Waals surface area contributed by atoms with Crippen molar-refractivity contribution < 1.29 is 4.74 Å². The van der Waals surface area contributed by atoms with E-state index in [0.717, 1.165) is 11.8 Å². The summed E-state index contributed by atoms with van der Waals surface area (Å²) in [5.41, 5.74) is 0.489. The van der Waals surface area contributed by atoms with Crippen molar-refractivity contribution in [2.45, 2.75) is 32.8 Å². The minimum atomic E-state index is 0.489. The highest BCUT2D eigenvalue weighted by Gasteiger charge is 2.57. The monoisotopic (exact) mass is 183 g/mol. The topological polar surface area (TPSA) is 21.3 Å². The van der Waals surface area contributed by atoms with Gasteiger partial charge in [-0.15, -0.1) is 0 Å². The third-order valence-electron chi connectivity index (χ3n) is 4.16. The van der Waals surface area contributed by atoms with Crippen LogP contribution in [0, 0.1) is 17.3 Å². The summed E-state index contributed by atoms with van der Waals surface area (Å²) in [5.74, 6) is 1.69. The fourth-order valence-electron chi connectivity index (χ4n) is 3.37. The second kappa shape index (κ2) is 3.25. The molecule has 0 amide bonds. The van der Waals surface area contributed by atoms with Gasteiger partial charge in [0.2, 0.25) is 0 Å². The lowest BCUT2D eigenvalue weighted by Gasteiger charge is -2.55. The SMILES string of the molecule is COC1CC(C(C)C)C12CCNC2. The molecule has 13 heavy (non-hydrogen) atoms. The molecule has 2 rings (SSSR count). The van der Waals surface area contributed by atoms with E-state index in [1.165, 1.54) is 25.9 Å². The molecule has 1 aliphatic carbocycles. The maximum atomic E-state index is 5.56. The predicted molar refractivity (Wildman–Crippen MR) is 53.7 cm³/mol. The summed E-state index contributed by atoms with van der Waals surface area (Å²) in [6.45, 7) is 7.05. The Balaban J connectivity index is 2.10. The molecule has 2 heteroatoms. The van der Waals surface area contributed by atoms with E-state index in [2.05, 4.69) is 19.2 Å². The van der Waals surface area contributed by atoms with Crippen LogP contribution in [0.4, 0.5) is 0 Å². The second-order valence-corrected chi connectivity index (χ2v) is 4.97. The van der Waals surface area contributed by atoms with E-state index in [0.29, 0.717) is 11.5 Å². The largest absolute Gasteiger partial charge is 0.381 e. The number of nitrogens with one attached hydrogen (secondary N) is 1. The van der Waals surface area contributed by atoms with Crippen LogP contribution in [0.1, 0.15) is 26.7 Å². The Morgan fingerprint density at radius 2 is 2.23 bits per heavy atom. The van der Waals surface area contributed by atoms with Gasteiger partial charge in [-0.25, -0.2) is 0 Å². The zero-order valence-corrected chi connectivity index (χ0v) is 8.97. The first-order valence-electron chi connectivity index (χ1n) is 5.44. The van der Waals surface area contributed by atoms with Gasteiger partial charge in [0.15, 0.2) is 0 Å². The van der Waals surface area contributed by atoms with Gasteiger partial charge in [-0.05, 0) is 31.2 Å². The number of ether oxygens (including phenoxy) is 1. The first-order chi connectivity index (χ1) is 6.20. The van der Waals surface area contributed by atoms with Crippen LogP contribution in [-0.4, -0.2) is 26.3 Å². The van der Waals surface area contributed by atoms with Crippen LogP contribution in [-0.2, 0) is 4.74 Å². The Morgan fingerprint density at radius 1 is 1.46 bits per heavy atom. The van der Waals surface area contributed by atoms with Crippen molar-refractivity contribution >= 4 is 0 Å². The molecular weight excluding hydrogens is 162 g/mol. The summed E-state index contributed by atoms with van der Waals surface area (Å²) in [6, 6.07) is 0. The molecule has 0 radical (unpaired) electrons. The van der Waals surface area contributed by atoms with Crippen molar-refractivity contribution in [1.82, 2.24) is 5.32 Å². The Morgan fingerprint density at radius 3 is 2.69 bits per heavy atom. The number of rotatable bonds is 2. The van der Waals surface area contributed by atoms with Crippen molar-refractivity contribution in [3.63, 3.8) is 0 Å². The lowest BCUT2D eigenvalue weighted by Crippen LogP contribution is -2.57. The number of hydrogen-bond donors (Lipinski definition) is 1. The van der Waals surface area contributed by atoms with Gasteiger partial charge in [0.25, 0.3) is 0 Å². The molecule has 76 valence electrons. The average Bonchev–Trinajstić information content (AvgIpc) is 2.52. The smallest absolute Gasteiger partial charge is 0.0645 e. The highest BCUT2D eigenvalue weighted by atomic mass is 16.5. The van der Waals surface area contributed by atoms with Crippen molar-refractivity contribution in [2.24, 2.45) is 17.3 Å². The first kappa shape index (κ1) is 9.47. The second-order valence-electron chi connectivity index (χ2n) is 4.97. The lowest BCUT2D eigenvalue weighted by molar-refractivity contribution is -0.145. The summed E-state index contributed by atoms with van der Waals surface area (Å²) < 4.78 is 5.56. The number of methoxy groups -OCH3 is 1. The Kier molecular flexibility index (Phi) is 2.37. The summed E-state index contributed by atoms with van der Waals surface area (Å²) in [7, 11) is 1.86. The molecule has 0 bridgehead atoms. The van der Waals surface area contributed by atoms with Crippen molar-refractivity contribution in [1.29, 1.82) is 0 Å². The van der Waals surface area contributed by atoms with Gasteiger partial charge in [-0.3, -0.25) is 0 Å². The maximum absolute atomic E-state index is 5.56. The predicted octanol–water partition coefficient (Wildman–Crippen LogP) is 1.66. The summed E-state index contributed by atoms with van der Waals surface area (Å²) in [5, 5.41) is 3.48. The third kappa shape index (κ3) is 1.23. The molecular formula is C11H21NO.